The molecule has 0 heterocycles. The number of halogens is 6. The zero-order valence-electron chi connectivity index (χ0n) is 18.3. The van der Waals surface area contributed by atoms with Crippen LogP contribution in [0.1, 0.15) is 49.7 Å². The van der Waals surface area contributed by atoms with E-state index in [0.29, 0.717) is 29.0 Å². The van der Waals surface area contributed by atoms with Gasteiger partial charge in [0.2, 0.25) is 5.82 Å². The molecule has 34 heavy (non-hydrogen) atoms. The van der Waals surface area contributed by atoms with E-state index in [1.807, 2.05) is 0 Å². The molecule has 0 amide bonds. The molecule has 2 aromatic carbocycles. The molecule has 3 nitrogen and oxygen atoms in total. The highest BCUT2D eigenvalue weighted by Gasteiger charge is 2.51. The average Bonchev–Trinajstić information content (AvgIpc) is 2.76. The summed E-state index contributed by atoms with van der Waals surface area (Å²) in [6, 6.07) is 6.79. The van der Waals surface area contributed by atoms with E-state index < -0.39 is 34.6 Å². The number of hydrogen-bond donors (Lipinski definition) is 2. The molecule has 6 rings (SSSR count). The first kappa shape index (κ1) is 24.5. The standard InChI is InChI=1S/C25H24F5N3.ClH/c26-19-17(20(27)22(29)23(30)21(19)28)6-5-16-3-1-2-4-18(16)32-24(31)33-25-10-13-7-14(11-25)9-15(8-13)12-25;/h1-6,13-15H,7-12H2,(H3,31,32,33);1H/b6-5+;. The van der Waals surface area contributed by atoms with Crippen LogP contribution in [0.15, 0.2) is 29.3 Å². The summed E-state index contributed by atoms with van der Waals surface area (Å²) >= 11 is 0. The average molecular weight is 498 g/mol. The van der Waals surface area contributed by atoms with Gasteiger partial charge in [-0.25, -0.2) is 26.9 Å². The summed E-state index contributed by atoms with van der Waals surface area (Å²) < 4.78 is 68.3. The van der Waals surface area contributed by atoms with E-state index in [2.05, 4.69) is 5.32 Å². The molecular formula is C25H25ClF5N3. The van der Waals surface area contributed by atoms with Crippen LogP contribution in [-0.4, -0.2) is 11.5 Å². The molecule has 3 N–H and O–H groups in total. The molecule has 0 spiro atoms. The Bertz CT molecular complexity index is 1100. The Labute approximate surface area is 200 Å². The first-order chi connectivity index (χ1) is 15.7. The summed E-state index contributed by atoms with van der Waals surface area (Å²) in [5.74, 6) is -7.50. The number of benzene rings is 2. The van der Waals surface area contributed by atoms with E-state index in [0.717, 1.165) is 25.3 Å². The van der Waals surface area contributed by atoms with Crippen molar-refractivity contribution < 1.29 is 22.0 Å². The van der Waals surface area contributed by atoms with Gasteiger partial charge in [-0.05, 0) is 74.0 Å². The maximum absolute atomic E-state index is 14.0. The first-order valence-electron chi connectivity index (χ1n) is 11.2. The number of guanidine groups is 1. The molecule has 182 valence electrons. The quantitative estimate of drug-likeness (QED) is 0.124. The zero-order valence-corrected chi connectivity index (χ0v) is 19.1. The molecule has 0 unspecified atom stereocenters. The van der Waals surface area contributed by atoms with Gasteiger partial charge in [0.05, 0.1) is 11.1 Å². The van der Waals surface area contributed by atoms with E-state index in [1.54, 1.807) is 24.3 Å². The fourth-order valence-corrected chi connectivity index (χ4v) is 6.32. The van der Waals surface area contributed by atoms with Gasteiger partial charge in [0.1, 0.15) is 0 Å². The zero-order chi connectivity index (χ0) is 23.3. The maximum Gasteiger partial charge on any atom is 0.200 e. The Morgan fingerprint density at radius 3 is 1.88 bits per heavy atom. The highest BCUT2D eigenvalue weighted by atomic mass is 35.5. The number of nitrogens with zero attached hydrogens (tertiary/aromatic N) is 1. The number of hydrogen-bond acceptors (Lipinski definition) is 1. The number of anilines is 1. The largest absolute Gasteiger partial charge is 0.370 e. The second-order valence-corrected chi connectivity index (χ2v) is 9.67. The minimum atomic E-state index is -2.18. The lowest BCUT2D eigenvalue weighted by molar-refractivity contribution is 0.00163. The normalized spacial score (nSPS) is 27.8. The lowest BCUT2D eigenvalue weighted by atomic mass is 9.53. The van der Waals surface area contributed by atoms with E-state index >= 15 is 0 Å². The smallest absolute Gasteiger partial charge is 0.200 e. The number of aliphatic imine (C=N–C) groups is 1. The molecule has 9 heteroatoms. The van der Waals surface area contributed by atoms with Crippen LogP contribution in [0.5, 0.6) is 0 Å². The lowest BCUT2D eigenvalue weighted by Crippen LogP contribution is -2.50. The molecule has 0 saturated heterocycles. The molecule has 2 aromatic rings. The first-order valence-corrected chi connectivity index (χ1v) is 11.2. The highest BCUT2D eigenvalue weighted by molar-refractivity contribution is 5.95. The summed E-state index contributed by atoms with van der Waals surface area (Å²) in [6.45, 7) is 0. The van der Waals surface area contributed by atoms with E-state index in [9.17, 15) is 22.0 Å². The fraction of sp³-hybridized carbons (Fsp3) is 0.400. The van der Waals surface area contributed by atoms with Crippen molar-refractivity contribution in [2.24, 2.45) is 28.5 Å². The monoisotopic (exact) mass is 497 g/mol. The molecule has 4 aliphatic carbocycles. The van der Waals surface area contributed by atoms with Crippen molar-refractivity contribution in [2.75, 3.05) is 5.32 Å². The minimum absolute atomic E-state index is 0. The van der Waals surface area contributed by atoms with Gasteiger partial charge in [-0.3, -0.25) is 0 Å². The summed E-state index contributed by atoms with van der Waals surface area (Å²) in [6.07, 6.45) is 9.13. The van der Waals surface area contributed by atoms with Crippen LogP contribution in [-0.2, 0) is 0 Å². The van der Waals surface area contributed by atoms with Crippen LogP contribution in [0, 0.1) is 46.8 Å². The third-order valence-corrected chi connectivity index (χ3v) is 7.26. The molecular weight excluding hydrogens is 473 g/mol. The van der Waals surface area contributed by atoms with Gasteiger partial charge in [-0.2, -0.15) is 0 Å². The van der Waals surface area contributed by atoms with E-state index in [1.165, 1.54) is 25.3 Å². The van der Waals surface area contributed by atoms with Crippen molar-refractivity contribution in [3.8, 4) is 0 Å². The molecule has 0 aliphatic heterocycles. The van der Waals surface area contributed by atoms with Crippen molar-refractivity contribution in [2.45, 2.75) is 44.1 Å². The van der Waals surface area contributed by atoms with Gasteiger partial charge >= 0.3 is 0 Å². The van der Waals surface area contributed by atoms with Crippen LogP contribution in [0.4, 0.5) is 27.6 Å². The molecule has 0 aromatic heterocycles. The number of nitrogens with one attached hydrogen (secondary N) is 1. The molecule has 4 aliphatic rings. The Balaban J connectivity index is 0.00000274. The number of nitrogens with two attached hydrogens (primary N) is 1. The van der Waals surface area contributed by atoms with Crippen molar-refractivity contribution in [1.82, 2.24) is 0 Å². The third kappa shape index (κ3) is 4.40. The van der Waals surface area contributed by atoms with E-state index in [4.69, 9.17) is 10.7 Å². The minimum Gasteiger partial charge on any atom is -0.370 e. The van der Waals surface area contributed by atoms with Crippen LogP contribution >= 0.6 is 12.4 Å². The van der Waals surface area contributed by atoms with E-state index in [-0.39, 0.29) is 23.9 Å². The molecule has 4 fully saturated rings. The topological polar surface area (TPSA) is 50.4 Å². The van der Waals surface area contributed by atoms with Crippen molar-refractivity contribution >= 4 is 36.2 Å². The predicted octanol–water partition coefficient (Wildman–Crippen LogP) is 6.67. The molecule has 0 radical (unpaired) electrons. The van der Waals surface area contributed by atoms with Gasteiger partial charge in [0.15, 0.2) is 29.2 Å². The molecule has 4 saturated carbocycles. The van der Waals surface area contributed by atoms with Gasteiger partial charge < -0.3 is 11.1 Å². The SMILES string of the molecule is Cl.NC(=NC12CC3CC(CC(C3)C1)C2)Nc1ccccc1/C=C/c1c(F)c(F)c(F)c(F)c1F. The van der Waals surface area contributed by atoms with Crippen molar-refractivity contribution in [3.05, 3.63) is 64.5 Å². The Morgan fingerprint density at radius 1 is 0.824 bits per heavy atom. The summed E-state index contributed by atoms with van der Waals surface area (Å²) in [4.78, 5) is 4.88. The second-order valence-electron chi connectivity index (χ2n) is 9.67. The molecule has 4 bridgehead atoms. The maximum atomic E-state index is 14.0. The summed E-state index contributed by atoms with van der Waals surface area (Å²) in [7, 11) is 0. The van der Waals surface area contributed by atoms with Crippen molar-refractivity contribution in [3.63, 3.8) is 0 Å². The summed E-state index contributed by atoms with van der Waals surface area (Å²) in [5.41, 5.74) is 6.11. The third-order valence-electron chi connectivity index (χ3n) is 7.26. The number of rotatable bonds is 4. The lowest BCUT2D eigenvalue weighted by Gasteiger charge is -2.54. The van der Waals surface area contributed by atoms with Gasteiger partial charge in [0, 0.05) is 5.69 Å². The van der Waals surface area contributed by atoms with Crippen LogP contribution in [0.2, 0.25) is 0 Å². The predicted molar refractivity (Wildman–Crippen MR) is 125 cm³/mol. The van der Waals surface area contributed by atoms with Crippen molar-refractivity contribution in [1.29, 1.82) is 0 Å². The highest BCUT2D eigenvalue weighted by Crippen LogP contribution is 2.57. The van der Waals surface area contributed by atoms with Gasteiger partial charge in [0.25, 0.3) is 0 Å². The Morgan fingerprint density at radius 2 is 1.32 bits per heavy atom. The van der Waals surface area contributed by atoms with Gasteiger partial charge in [-0.15, -0.1) is 12.4 Å². The molecule has 0 atom stereocenters. The Hall–Kier alpha value is -2.61. The van der Waals surface area contributed by atoms with Crippen LogP contribution in [0.25, 0.3) is 12.2 Å². The van der Waals surface area contributed by atoms with Gasteiger partial charge in [-0.1, -0.05) is 24.3 Å². The Kier molecular flexibility index (Phi) is 6.64. The second kappa shape index (κ2) is 9.21. The van der Waals surface area contributed by atoms with Crippen LogP contribution < -0.4 is 11.1 Å². The van der Waals surface area contributed by atoms with Crippen LogP contribution in [0.3, 0.4) is 0 Å². The fourth-order valence-electron chi connectivity index (χ4n) is 6.32. The summed E-state index contributed by atoms with van der Waals surface area (Å²) in [5, 5.41) is 3.06. The number of para-hydroxylation sites is 1.